The topological polar surface area (TPSA) is 116 Å². The first-order chi connectivity index (χ1) is 14.3. The third-order valence-electron chi connectivity index (χ3n) is 4.66. The molecule has 2 aromatic carbocycles. The number of nitrogens with zero attached hydrogens (tertiary/aromatic N) is 4. The Morgan fingerprint density at radius 3 is 2.73 bits per heavy atom. The van der Waals surface area contributed by atoms with Crippen LogP contribution in [-0.4, -0.2) is 50.3 Å². The highest BCUT2D eigenvalue weighted by Crippen LogP contribution is 2.25. The molecule has 0 bridgehead atoms. The number of anilines is 2. The number of tetrazole rings is 1. The molecular weight excluding hydrogens is 404 g/mol. The van der Waals surface area contributed by atoms with Crippen molar-refractivity contribution in [1.29, 1.82) is 0 Å². The molecule has 0 fully saturated rings. The van der Waals surface area contributed by atoms with Gasteiger partial charge < -0.3 is 15.3 Å². The minimum Gasteiger partial charge on any atom is -0.480 e. The van der Waals surface area contributed by atoms with Crippen molar-refractivity contribution in [3.63, 3.8) is 0 Å². The first-order valence-electron chi connectivity index (χ1n) is 8.96. The largest absolute Gasteiger partial charge is 0.480 e. The van der Waals surface area contributed by atoms with Crippen molar-refractivity contribution in [3.05, 3.63) is 64.9 Å². The molecule has 154 valence electrons. The van der Waals surface area contributed by atoms with Gasteiger partial charge in [-0.3, -0.25) is 4.79 Å². The van der Waals surface area contributed by atoms with E-state index in [0.29, 0.717) is 28.2 Å². The van der Waals surface area contributed by atoms with Crippen molar-refractivity contribution in [2.75, 3.05) is 17.3 Å². The number of H-pyrrole nitrogens is 1. The molecule has 0 saturated carbocycles. The number of nitrogens with one attached hydrogen (secondary N) is 2. The normalized spacial score (nSPS) is 11.5. The van der Waals surface area contributed by atoms with E-state index in [0.717, 1.165) is 0 Å². The number of hydrogen-bond donors (Lipinski definition) is 3. The first-order valence-corrected chi connectivity index (χ1v) is 9.36. The number of carboxylic acid groups (broad SMARTS) is 1. The lowest BCUT2D eigenvalue weighted by atomic mass is 10.1. The molecule has 1 aromatic heterocycles. The van der Waals surface area contributed by atoms with Crippen molar-refractivity contribution in [2.24, 2.45) is 0 Å². The number of benzene rings is 2. The molecule has 1 atom stereocenters. The van der Waals surface area contributed by atoms with Crippen molar-refractivity contribution >= 4 is 41.5 Å². The Morgan fingerprint density at radius 1 is 1.33 bits per heavy atom. The van der Waals surface area contributed by atoms with Crippen LogP contribution in [0.3, 0.4) is 0 Å². The van der Waals surface area contributed by atoms with Gasteiger partial charge in [0.15, 0.2) is 0 Å². The third kappa shape index (κ3) is 4.28. The van der Waals surface area contributed by atoms with E-state index in [1.54, 1.807) is 67.4 Å². The highest BCUT2D eigenvalue weighted by molar-refractivity contribution is 7.71. The molecular formula is C20H20N6O3S. The van der Waals surface area contributed by atoms with Crippen molar-refractivity contribution in [3.8, 4) is 5.69 Å². The second-order valence-electron chi connectivity index (χ2n) is 6.53. The second-order valence-corrected chi connectivity index (χ2v) is 6.89. The molecule has 1 heterocycles. The average Bonchev–Trinajstić information content (AvgIpc) is 3.18. The van der Waals surface area contributed by atoms with Crippen LogP contribution >= 0.6 is 12.2 Å². The predicted molar refractivity (Wildman–Crippen MR) is 117 cm³/mol. The maximum Gasteiger partial charge on any atom is 0.326 e. The lowest BCUT2D eigenvalue weighted by molar-refractivity contribution is -0.138. The van der Waals surface area contributed by atoms with Crippen LogP contribution in [-0.2, 0) is 4.79 Å². The summed E-state index contributed by atoms with van der Waals surface area (Å²) in [6.07, 6.45) is 1.59. The van der Waals surface area contributed by atoms with Crippen molar-refractivity contribution in [2.45, 2.75) is 13.0 Å². The summed E-state index contributed by atoms with van der Waals surface area (Å²) >= 11 is 5.09. The van der Waals surface area contributed by atoms with Gasteiger partial charge in [-0.15, -0.1) is 0 Å². The summed E-state index contributed by atoms with van der Waals surface area (Å²) in [6, 6.07) is 11.3. The third-order valence-corrected chi connectivity index (χ3v) is 4.93. The summed E-state index contributed by atoms with van der Waals surface area (Å²) in [5.74, 6) is -1.26. The molecule has 30 heavy (non-hydrogen) atoms. The SMILES string of the molecule is C=Cc1cc(C(=O)Nc2cccc(-n3[nH]nnc3=S)c2)ccc1N(C)C(C)C(=O)O. The number of carbonyl (C=O) groups excluding carboxylic acids is 1. The van der Waals surface area contributed by atoms with E-state index in [1.807, 2.05) is 0 Å². The summed E-state index contributed by atoms with van der Waals surface area (Å²) in [4.78, 5) is 25.7. The summed E-state index contributed by atoms with van der Waals surface area (Å²) in [7, 11) is 1.68. The van der Waals surface area contributed by atoms with Gasteiger partial charge in [-0.1, -0.05) is 29.0 Å². The molecule has 1 amide bonds. The number of carboxylic acids is 1. The van der Waals surface area contributed by atoms with Crippen LogP contribution < -0.4 is 10.2 Å². The van der Waals surface area contributed by atoms with Crippen LogP contribution in [0.15, 0.2) is 49.0 Å². The van der Waals surface area contributed by atoms with Crippen LogP contribution in [0.1, 0.15) is 22.8 Å². The average molecular weight is 424 g/mol. The fraction of sp³-hybridized carbons (Fsp3) is 0.150. The number of aliphatic carboxylic acids is 1. The zero-order valence-corrected chi connectivity index (χ0v) is 17.2. The van der Waals surface area contributed by atoms with Gasteiger partial charge in [-0.05, 0) is 61.1 Å². The Balaban J connectivity index is 1.84. The molecule has 10 heteroatoms. The monoisotopic (exact) mass is 424 g/mol. The molecule has 9 nitrogen and oxygen atoms in total. The molecule has 0 aliphatic rings. The van der Waals surface area contributed by atoms with Gasteiger partial charge in [-0.25, -0.2) is 9.48 Å². The number of rotatable bonds is 7. The molecule has 3 aromatic rings. The van der Waals surface area contributed by atoms with Crippen molar-refractivity contribution in [1.82, 2.24) is 20.2 Å². The Kier molecular flexibility index (Phi) is 6.07. The lowest BCUT2D eigenvalue weighted by Gasteiger charge is -2.25. The number of hydrogen-bond acceptors (Lipinski definition) is 6. The van der Waals surface area contributed by atoms with Gasteiger partial charge >= 0.3 is 5.97 Å². The van der Waals surface area contributed by atoms with Gasteiger partial charge in [0.25, 0.3) is 5.91 Å². The zero-order valence-electron chi connectivity index (χ0n) is 16.4. The van der Waals surface area contributed by atoms with Crippen molar-refractivity contribution < 1.29 is 14.7 Å². The highest BCUT2D eigenvalue weighted by Gasteiger charge is 2.20. The van der Waals surface area contributed by atoms with Crippen LogP contribution in [0.5, 0.6) is 0 Å². The van der Waals surface area contributed by atoms with Gasteiger partial charge in [0.1, 0.15) is 6.04 Å². The number of likely N-dealkylation sites (N-methyl/N-ethyl adjacent to an activating group) is 1. The minimum absolute atomic E-state index is 0.268. The van der Waals surface area contributed by atoms with E-state index in [2.05, 4.69) is 27.4 Å². The lowest BCUT2D eigenvalue weighted by Crippen LogP contribution is -2.36. The van der Waals surface area contributed by atoms with E-state index in [1.165, 1.54) is 4.68 Å². The Hall–Kier alpha value is -3.79. The Labute approximate surface area is 177 Å². The van der Waals surface area contributed by atoms with E-state index in [4.69, 9.17) is 12.2 Å². The Bertz CT molecular complexity index is 1170. The van der Waals surface area contributed by atoms with Gasteiger partial charge in [-0.2, -0.15) is 5.21 Å². The minimum atomic E-state index is -0.943. The summed E-state index contributed by atoms with van der Waals surface area (Å²) in [5, 5.41) is 22.1. The molecule has 1 unspecified atom stereocenters. The number of aromatic amines is 1. The molecule has 0 aliphatic heterocycles. The van der Waals surface area contributed by atoms with Gasteiger partial charge in [0.2, 0.25) is 4.77 Å². The number of aromatic nitrogens is 4. The number of amides is 1. The fourth-order valence-electron chi connectivity index (χ4n) is 2.85. The van der Waals surface area contributed by atoms with Crippen LogP contribution in [0, 0.1) is 4.77 Å². The summed E-state index contributed by atoms with van der Waals surface area (Å²) < 4.78 is 1.78. The molecule has 0 spiro atoms. The summed E-state index contributed by atoms with van der Waals surface area (Å²) in [6.45, 7) is 5.36. The van der Waals surface area contributed by atoms with E-state index in [9.17, 15) is 14.7 Å². The van der Waals surface area contributed by atoms with E-state index < -0.39 is 12.0 Å². The maximum absolute atomic E-state index is 12.8. The number of carbonyl (C=O) groups is 2. The molecule has 0 aliphatic carbocycles. The predicted octanol–water partition coefficient (Wildman–Crippen LogP) is 3.13. The van der Waals surface area contributed by atoms with Crippen LogP contribution in [0.4, 0.5) is 11.4 Å². The van der Waals surface area contributed by atoms with E-state index >= 15 is 0 Å². The second kappa shape index (κ2) is 8.70. The van der Waals surface area contributed by atoms with E-state index in [-0.39, 0.29) is 10.7 Å². The fourth-order valence-corrected chi connectivity index (χ4v) is 3.03. The van der Waals surface area contributed by atoms with Crippen LogP contribution in [0.2, 0.25) is 0 Å². The molecule has 0 radical (unpaired) electrons. The first kappa shape index (κ1) is 20.9. The Morgan fingerprint density at radius 2 is 2.10 bits per heavy atom. The highest BCUT2D eigenvalue weighted by atomic mass is 32.1. The van der Waals surface area contributed by atoms with Gasteiger partial charge in [0.05, 0.1) is 5.69 Å². The summed E-state index contributed by atoms with van der Waals surface area (Å²) in [5.41, 5.74) is 2.97. The quantitative estimate of drug-likeness (QED) is 0.499. The van der Waals surface area contributed by atoms with Gasteiger partial charge in [0, 0.05) is 24.0 Å². The van der Waals surface area contributed by atoms with Crippen LogP contribution in [0.25, 0.3) is 11.8 Å². The maximum atomic E-state index is 12.8. The molecule has 0 saturated heterocycles. The molecule has 3 N–H and O–H groups in total. The zero-order chi connectivity index (χ0) is 21.8. The molecule has 3 rings (SSSR count). The smallest absolute Gasteiger partial charge is 0.326 e. The standard InChI is InChI=1S/C20H20N6O3S/c1-4-13-10-14(8-9-17(13)25(3)12(2)19(28)29)18(27)21-15-6-5-7-16(11-15)26-20(30)22-23-24-26/h4-12H,1H2,2-3H3,(H,21,27)(H,28,29)(H,22,24,30).